The van der Waals surface area contributed by atoms with Gasteiger partial charge in [0, 0.05) is 35.9 Å². The molecule has 0 radical (unpaired) electrons. The summed E-state index contributed by atoms with van der Waals surface area (Å²) in [7, 11) is -6.17. The summed E-state index contributed by atoms with van der Waals surface area (Å²) in [5.41, 5.74) is 1.80. The Bertz CT molecular complexity index is 2240. The molecule has 3 aliphatic rings. The Morgan fingerprint density at radius 1 is 1.04 bits per heavy atom. The van der Waals surface area contributed by atoms with Crippen molar-refractivity contribution in [1.82, 2.24) is 23.5 Å². The summed E-state index contributed by atoms with van der Waals surface area (Å²) in [6.45, 7) is 13.8. The molecule has 4 heterocycles. The maximum atomic E-state index is 14.8. The van der Waals surface area contributed by atoms with Crippen molar-refractivity contribution in [3.8, 4) is 11.4 Å². The molecule has 3 aliphatic carbocycles. The van der Waals surface area contributed by atoms with Gasteiger partial charge in [-0.15, -0.1) is 0 Å². The summed E-state index contributed by atoms with van der Waals surface area (Å²) in [4.78, 5) is 26.8. The number of hydrogen-bond donors (Lipinski definition) is 2. The third kappa shape index (κ3) is 6.35. The van der Waals surface area contributed by atoms with Crippen LogP contribution in [0.4, 0.5) is 10.2 Å². The highest BCUT2D eigenvalue weighted by atomic mass is 32.2. The van der Waals surface area contributed by atoms with Crippen LogP contribution in [0.3, 0.4) is 0 Å². The summed E-state index contributed by atoms with van der Waals surface area (Å²) in [6, 6.07) is 9.30. The van der Waals surface area contributed by atoms with Crippen LogP contribution in [0.2, 0.25) is 18.1 Å². The molecule has 14 heteroatoms. The first-order valence-corrected chi connectivity index (χ1v) is 21.9. The monoisotopic (exact) mass is 732 g/mol. The van der Waals surface area contributed by atoms with E-state index in [0.717, 1.165) is 41.4 Å². The van der Waals surface area contributed by atoms with Gasteiger partial charge < -0.3 is 19.4 Å². The number of carboxylic acid groups (broad SMARTS) is 1. The Morgan fingerprint density at radius 3 is 2.39 bits per heavy atom. The standard InChI is InChI=1S/C37H45FN6O5SSi/c1-22-7-13-26(14-8-22)50(47,48)44-21-29(28-19-25(38)20-39-34(28)44)33-41-32(40-31-24-11-9-23(10-12-24)30(31)36(45)46)27-15-16-43(35(27)42-33)17-18-49-51(5,6)37(2,3)4/h7-8,13-16,19-21,23-24,30-31H,9-12,17-18H2,1-6H3,(H,45,46)(H,40,41,42). The third-order valence-electron chi connectivity index (χ3n) is 11.4. The van der Waals surface area contributed by atoms with Crippen molar-refractivity contribution in [3.63, 3.8) is 0 Å². The fourth-order valence-electron chi connectivity index (χ4n) is 7.50. The van der Waals surface area contributed by atoms with Crippen LogP contribution in [-0.4, -0.2) is 64.0 Å². The highest BCUT2D eigenvalue weighted by Gasteiger charge is 2.47. The quantitative estimate of drug-likeness (QED) is 0.140. The summed E-state index contributed by atoms with van der Waals surface area (Å²) in [6.07, 6.45) is 7.96. The van der Waals surface area contributed by atoms with Crippen LogP contribution in [0.5, 0.6) is 0 Å². The fourth-order valence-corrected chi connectivity index (χ4v) is 9.86. The lowest BCUT2D eigenvalue weighted by atomic mass is 9.61. The van der Waals surface area contributed by atoms with Crippen molar-refractivity contribution in [2.75, 3.05) is 11.9 Å². The summed E-state index contributed by atoms with van der Waals surface area (Å²) in [5.74, 6) is -1.15. The molecular weight excluding hydrogens is 688 g/mol. The second kappa shape index (κ2) is 12.8. The average molecular weight is 733 g/mol. The molecule has 3 fully saturated rings. The van der Waals surface area contributed by atoms with Gasteiger partial charge in [0.2, 0.25) is 0 Å². The van der Waals surface area contributed by atoms with Gasteiger partial charge in [0.25, 0.3) is 10.0 Å². The Hall–Kier alpha value is -4.14. The minimum atomic E-state index is -4.14. The van der Waals surface area contributed by atoms with Crippen LogP contribution in [0.15, 0.2) is 59.9 Å². The van der Waals surface area contributed by atoms with E-state index >= 15 is 0 Å². The lowest BCUT2D eigenvalue weighted by Gasteiger charge is -2.47. The topological polar surface area (TPSA) is 141 Å². The molecule has 2 atom stereocenters. The number of carbonyl (C=O) groups is 1. The van der Waals surface area contributed by atoms with Gasteiger partial charge in [0.1, 0.15) is 17.3 Å². The van der Waals surface area contributed by atoms with Gasteiger partial charge in [-0.1, -0.05) is 38.5 Å². The van der Waals surface area contributed by atoms with Crippen molar-refractivity contribution >= 4 is 52.2 Å². The predicted octanol–water partition coefficient (Wildman–Crippen LogP) is 7.46. The van der Waals surface area contributed by atoms with Crippen molar-refractivity contribution in [2.45, 2.75) is 89.0 Å². The van der Waals surface area contributed by atoms with Crippen molar-refractivity contribution in [1.29, 1.82) is 0 Å². The number of carboxylic acids is 1. The van der Waals surface area contributed by atoms with Gasteiger partial charge in [-0.05, 0) is 86.8 Å². The number of anilines is 1. The number of rotatable bonds is 10. The second-order valence-electron chi connectivity index (χ2n) is 15.6. The number of fused-ring (bicyclic) bond motifs is 5. The Balaban J connectivity index is 1.37. The number of aromatic nitrogens is 5. The first-order valence-electron chi connectivity index (χ1n) is 17.5. The summed E-state index contributed by atoms with van der Waals surface area (Å²) >= 11 is 0. The van der Waals surface area contributed by atoms with E-state index in [-0.39, 0.29) is 50.2 Å². The maximum absolute atomic E-state index is 14.8. The number of benzene rings is 1. The zero-order chi connectivity index (χ0) is 36.5. The van der Waals surface area contributed by atoms with Crippen LogP contribution in [0, 0.1) is 30.5 Å². The molecule has 0 spiro atoms. The molecule has 51 heavy (non-hydrogen) atoms. The van der Waals surface area contributed by atoms with Crippen LogP contribution < -0.4 is 5.32 Å². The largest absolute Gasteiger partial charge is 0.481 e. The number of nitrogens with one attached hydrogen (secondary N) is 1. The number of aliphatic carboxylic acids is 1. The maximum Gasteiger partial charge on any atom is 0.308 e. The van der Waals surface area contributed by atoms with E-state index in [1.54, 1.807) is 12.1 Å². The van der Waals surface area contributed by atoms with Crippen LogP contribution >= 0.6 is 0 Å². The molecule has 0 saturated heterocycles. The van der Waals surface area contributed by atoms with E-state index in [4.69, 9.17) is 14.4 Å². The number of aryl methyl sites for hydroxylation is 1. The van der Waals surface area contributed by atoms with E-state index < -0.39 is 36.0 Å². The Morgan fingerprint density at radius 2 is 1.73 bits per heavy atom. The molecule has 0 amide bonds. The van der Waals surface area contributed by atoms with Crippen molar-refractivity contribution in [3.05, 3.63) is 66.4 Å². The normalized spacial score (nSPS) is 21.1. The van der Waals surface area contributed by atoms with Crippen LogP contribution in [0.1, 0.15) is 52.0 Å². The second-order valence-corrected chi connectivity index (χ2v) is 22.3. The molecule has 5 aromatic rings. The van der Waals surface area contributed by atoms with Gasteiger partial charge in [-0.25, -0.2) is 31.7 Å². The van der Waals surface area contributed by atoms with E-state index in [2.05, 4.69) is 44.2 Å². The van der Waals surface area contributed by atoms with Gasteiger partial charge in [-0.2, -0.15) is 0 Å². The molecule has 2 bridgehead atoms. The Kier molecular flexibility index (Phi) is 8.86. The SMILES string of the molecule is Cc1ccc(S(=O)(=O)n2cc(-c3nc(NC4C5CCC(CC5)C4C(=O)O)c4ccn(CCO[Si](C)(C)C(C)(C)C)c4n3)c3cc(F)cnc32)cc1. The van der Waals surface area contributed by atoms with E-state index in [0.29, 0.717) is 30.0 Å². The van der Waals surface area contributed by atoms with Gasteiger partial charge in [0.15, 0.2) is 19.8 Å². The van der Waals surface area contributed by atoms with Crippen LogP contribution in [0.25, 0.3) is 33.5 Å². The minimum absolute atomic E-state index is 0.0364. The first kappa shape index (κ1) is 35.3. The highest BCUT2D eigenvalue weighted by Crippen LogP contribution is 2.47. The van der Waals surface area contributed by atoms with Gasteiger partial charge in [-0.3, -0.25) is 4.79 Å². The molecule has 1 aromatic carbocycles. The molecular formula is C37H45FN6O5SSi. The Labute approximate surface area is 298 Å². The lowest BCUT2D eigenvalue weighted by Crippen LogP contribution is -2.51. The van der Waals surface area contributed by atoms with E-state index in [1.807, 2.05) is 23.8 Å². The zero-order valence-corrected chi connectivity index (χ0v) is 31.7. The molecule has 8 rings (SSSR count). The number of hydrogen-bond acceptors (Lipinski definition) is 8. The summed E-state index contributed by atoms with van der Waals surface area (Å²) in [5, 5.41) is 14.8. The van der Waals surface area contributed by atoms with Crippen LogP contribution in [-0.2, 0) is 25.8 Å². The first-order chi connectivity index (χ1) is 24.0. The number of pyridine rings is 1. The van der Waals surface area contributed by atoms with Crippen molar-refractivity contribution in [2.24, 2.45) is 17.8 Å². The third-order valence-corrected chi connectivity index (χ3v) is 17.6. The lowest BCUT2D eigenvalue weighted by molar-refractivity contribution is -0.148. The molecule has 2 unspecified atom stereocenters. The molecule has 0 aliphatic heterocycles. The highest BCUT2D eigenvalue weighted by molar-refractivity contribution is 7.90. The molecule has 270 valence electrons. The average Bonchev–Trinajstić information content (AvgIpc) is 3.66. The summed E-state index contributed by atoms with van der Waals surface area (Å²) < 4.78 is 52.3. The predicted molar refractivity (Wildman–Crippen MR) is 197 cm³/mol. The van der Waals surface area contributed by atoms with Gasteiger partial charge >= 0.3 is 5.97 Å². The molecule has 2 N–H and O–H groups in total. The van der Waals surface area contributed by atoms with Gasteiger partial charge in [0.05, 0.1) is 29.0 Å². The van der Waals surface area contributed by atoms with Crippen molar-refractivity contribution < 1.29 is 27.1 Å². The molecule has 3 saturated carbocycles. The molecule has 11 nitrogen and oxygen atoms in total. The number of halogens is 1. The van der Waals surface area contributed by atoms with E-state index in [1.165, 1.54) is 24.4 Å². The smallest absolute Gasteiger partial charge is 0.308 e. The zero-order valence-electron chi connectivity index (χ0n) is 29.9. The van der Waals surface area contributed by atoms with E-state index in [9.17, 15) is 22.7 Å². The molecule has 4 aromatic heterocycles. The fraction of sp³-hybridized carbons (Fsp3) is 0.459. The minimum Gasteiger partial charge on any atom is -0.481 e. The number of nitrogens with zero attached hydrogens (tertiary/aromatic N) is 5.